The van der Waals surface area contributed by atoms with Crippen LogP contribution in [0.1, 0.15) is 30.3 Å². The molecule has 7 nitrogen and oxygen atoms in total. The van der Waals surface area contributed by atoms with Gasteiger partial charge in [-0.3, -0.25) is 14.4 Å². The number of piperazine rings is 1. The molecule has 0 saturated carbocycles. The van der Waals surface area contributed by atoms with Crippen molar-refractivity contribution in [1.29, 1.82) is 0 Å². The minimum absolute atomic E-state index is 0.114. The summed E-state index contributed by atoms with van der Waals surface area (Å²) in [5.41, 5.74) is 3.46. The Labute approximate surface area is 150 Å². The summed E-state index contributed by atoms with van der Waals surface area (Å²) >= 11 is 0. The molecule has 25 heavy (non-hydrogen) atoms. The summed E-state index contributed by atoms with van der Waals surface area (Å²) in [6, 6.07) is 0. The molecule has 0 aromatic carbocycles. The van der Waals surface area contributed by atoms with Crippen LogP contribution in [0, 0.1) is 0 Å². The highest BCUT2D eigenvalue weighted by Crippen LogP contribution is 2.21. The van der Waals surface area contributed by atoms with Crippen LogP contribution in [0.5, 0.6) is 0 Å². The monoisotopic (exact) mass is 349 g/mol. The zero-order valence-electron chi connectivity index (χ0n) is 15.6. The van der Waals surface area contributed by atoms with Crippen LogP contribution in [0.3, 0.4) is 0 Å². The van der Waals surface area contributed by atoms with E-state index in [4.69, 9.17) is 4.74 Å². The van der Waals surface area contributed by atoms with Gasteiger partial charge in [-0.05, 0) is 6.54 Å². The molecule has 140 valence electrons. The van der Waals surface area contributed by atoms with E-state index in [2.05, 4.69) is 27.1 Å². The van der Waals surface area contributed by atoms with Gasteiger partial charge in [0, 0.05) is 76.8 Å². The van der Waals surface area contributed by atoms with Gasteiger partial charge < -0.3 is 15.0 Å². The highest BCUT2D eigenvalue weighted by atomic mass is 16.5. The summed E-state index contributed by atoms with van der Waals surface area (Å²) in [7, 11) is 1.98. The minimum Gasteiger partial charge on any atom is -0.376 e. The molecule has 0 spiro atoms. The summed E-state index contributed by atoms with van der Waals surface area (Å²) in [6.07, 6.45) is 2.09. The number of likely N-dealkylation sites (N-methyl/N-ethyl adjacent to an activating group) is 1. The number of nitrogens with one attached hydrogen (secondary N) is 1. The van der Waals surface area contributed by atoms with E-state index >= 15 is 0 Å². The molecule has 1 N–H and O–H groups in total. The van der Waals surface area contributed by atoms with Crippen LogP contribution in [-0.4, -0.2) is 77.9 Å². The molecule has 0 atom stereocenters. The van der Waals surface area contributed by atoms with E-state index in [9.17, 15) is 4.79 Å². The van der Waals surface area contributed by atoms with Crippen LogP contribution in [0.15, 0.2) is 0 Å². The van der Waals surface area contributed by atoms with Crippen molar-refractivity contribution >= 4 is 5.91 Å². The molecule has 0 radical (unpaired) electrons. The van der Waals surface area contributed by atoms with Crippen LogP contribution in [0.4, 0.5) is 0 Å². The summed E-state index contributed by atoms with van der Waals surface area (Å²) in [5.74, 6) is 0.114. The molecule has 1 amide bonds. The van der Waals surface area contributed by atoms with E-state index < -0.39 is 0 Å². The Morgan fingerprint density at radius 1 is 1.24 bits per heavy atom. The third-order valence-electron chi connectivity index (χ3n) is 5.34. The first-order valence-electron chi connectivity index (χ1n) is 9.50. The van der Waals surface area contributed by atoms with Gasteiger partial charge in [0.15, 0.2) is 0 Å². The Balaban J connectivity index is 1.36. The normalized spacial score (nSPS) is 19.0. The van der Waals surface area contributed by atoms with Gasteiger partial charge in [0.2, 0.25) is 5.91 Å². The van der Waals surface area contributed by atoms with Gasteiger partial charge in [0.05, 0.1) is 18.9 Å². The van der Waals surface area contributed by atoms with E-state index in [1.54, 1.807) is 0 Å². The number of carbonyl (C=O) groups excluding carboxylic acids is 1. The van der Waals surface area contributed by atoms with E-state index in [-0.39, 0.29) is 5.91 Å². The van der Waals surface area contributed by atoms with Gasteiger partial charge in [-0.15, -0.1) is 0 Å². The zero-order chi connectivity index (χ0) is 17.6. The highest BCUT2D eigenvalue weighted by molar-refractivity contribution is 5.76. The predicted molar refractivity (Wildman–Crippen MR) is 96.5 cm³/mol. The summed E-state index contributed by atoms with van der Waals surface area (Å²) in [4.78, 5) is 17.0. The fourth-order valence-electron chi connectivity index (χ4n) is 3.69. The lowest BCUT2D eigenvalue weighted by molar-refractivity contribution is -0.121. The Morgan fingerprint density at radius 3 is 2.76 bits per heavy atom. The molecule has 2 aliphatic rings. The largest absolute Gasteiger partial charge is 0.376 e. The maximum absolute atomic E-state index is 12.1. The molecule has 1 aromatic heterocycles. The standard InChI is InChI=1S/C18H31N5O2/c1-3-22-9-11-23(12-10-22)8-7-19-18(24)5-4-16-15-14-25-13-6-17(15)21(2)20-16/h3-14H2,1-2H3,(H,19,24). The number of nitrogens with zero attached hydrogens (tertiary/aromatic N) is 4. The van der Waals surface area contributed by atoms with Crippen molar-refractivity contribution in [1.82, 2.24) is 24.9 Å². The molecule has 7 heteroatoms. The topological polar surface area (TPSA) is 62.6 Å². The number of ether oxygens (including phenoxy) is 1. The first-order valence-corrected chi connectivity index (χ1v) is 9.50. The van der Waals surface area contributed by atoms with Crippen LogP contribution in [0.2, 0.25) is 0 Å². The van der Waals surface area contributed by atoms with Crippen LogP contribution < -0.4 is 5.32 Å². The van der Waals surface area contributed by atoms with Crippen LogP contribution in [-0.2, 0) is 36.0 Å². The van der Waals surface area contributed by atoms with Gasteiger partial charge in [-0.1, -0.05) is 6.92 Å². The smallest absolute Gasteiger partial charge is 0.220 e. The Kier molecular flexibility index (Phi) is 6.45. The molecule has 0 bridgehead atoms. The maximum atomic E-state index is 12.1. The van der Waals surface area contributed by atoms with Crippen molar-refractivity contribution in [2.45, 2.75) is 32.8 Å². The lowest BCUT2D eigenvalue weighted by Gasteiger charge is -2.33. The molecule has 0 unspecified atom stereocenters. The molecule has 1 fully saturated rings. The third-order valence-corrected chi connectivity index (χ3v) is 5.34. The average molecular weight is 349 g/mol. The Morgan fingerprint density at radius 2 is 2.00 bits per heavy atom. The third kappa shape index (κ3) is 4.80. The van der Waals surface area contributed by atoms with Gasteiger partial charge >= 0.3 is 0 Å². The maximum Gasteiger partial charge on any atom is 0.220 e. The van der Waals surface area contributed by atoms with Gasteiger partial charge in [-0.2, -0.15) is 5.10 Å². The quantitative estimate of drug-likeness (QED) is 0.761. The number of hydrogen-bond acceptors (Lipinski definition) is 5. The Bertz CT molecular complexity index is 578. The predicted octanol–water partition coefficient (Wildman–Crippen LogP) is 0.179. The number of aromatic nitrogens is 2. The molecular formula is C18H31N5O2. The summed E-state index contributed by atoms with van der Waals surface area (Å²) < 4.78 is 7.49. The number of hydrogen-bond donors (Lipinski definition) is 1. The van der Waals surface area contributed by atoms with E-state index in [1.807, 2.05) is 11.7 Å². The van der Waals surface area contributed by atoms with Crippen molar-refractivity contribution in [2.75, 3.05) is 52.4 Å². The highest BCUT2D eigenvalue weighted by Gasteiger charge is 2.20. The molecule has 0 aliphatic carbocycles. The molecule has 2 aliphatic heterocycles. The SMILES string of the molecule is CCN1CCN(CCNC(=O)CCc2nn(C)c3c2COCC3)CC1. The van der Waals surface area contributed by atoms with Gasteiger partial charge in [0.1, 0.15) is 0 Å². The van der Waals surface area contributed by atoms with E-state index in [0.717, 1.165) is 64.5 Å². The molecule has 1 saturated heterocycles. The van der Waals surface area contributed by atoms with Crippen molar-refractivity contribution in [2.24, 2.45) is 7.05 Å². The van der Waals surface area contributed by atoms with E-state index in [1.165, 1.54) is 11.3 Å². The fraction of sp³-hybridized carbons (Fsp3) is 0.778. The van der Waals surface area contributed by atoms with Crippen molar-refractivity contribution < 1.29 is 9.53 Å². The van der Waals surface area contributed by atoms with Crippen molar-refractivity contribution in [3.8, 4) is 0 Å². The summed E-state index contributed by atoms with van der Waals surface area (Å²) in [6.45, 7) is 10.9. The number of fused-ring (bicyclic) bond motifs is 1. The number of rotatable bonds is 7. The van der Waals surface area contributed by atoms with Crippen molar-refractivity contribution in [3.05, 3.63) is 17.0 Å². The van der Waals surface area contributed by atoms with Gasteiger partial charge in [-0.25, -0.2) is 0 Å². The van der Waals surface area contributed by atoms with Gasteiger partial charge in [0.25, 0.3) is 0 Å². The average Bonchev–Trinajstić information content (AvgIpc) is 2.97. The molecule has 3 heterocycles. The molecule has 3 rings (SSSR count). The summed E-state index contributed by atoms with van der Waals surface area (Å²) in [5, 5.41) is 7.63. The first kappa shape index (κ1) is 18.4. The zero-order valence-corrected chi connectivity index (χ0v) is 15.6. The Hall–Kier alpha value is -1.44. The molecule has 1 aromatic rings. The number of amides is 1. The van der Waals surface area contributed by atoms with Crippen LogP contribution in [0.25, 0.3) is 0 Å². The van der Waals surface area contributed by atoms with Crippen LogP contribution >= 0.6 is 0 Å². The minimum atomic E-state index is 0.114. The lowest BCUT2D eigenvalue weighted by atomic mass is 10.1. The number of aryl methyl sites for hydroxylation is 2. The second-order valence-electron chi connectivity index (χ2n) is 6.92. The number of carbonyl (C=O) groups is 1. The first-order chi connectivity index (χ1) is 12.2. The second kappa shape index (κ2) is 8.78. The second-order valence-corrected chi connectivity index (χ2v) is 6.92. The van der Waals surface area contributed by atoms with E-state index in [0.29, 0.717) is 19.4 Å². The molecular weight excluding hydrogens is 318 g/mol. The van der Waals surface area contributed by atoms with Crippen molar-refractivity contribution in [3.63, 3.8) is 0 Å². The lowest BCUT2D eigenvalue weighted by Crippen LogP contribution is -2.48. The fourth-order valence-corrected chi connectivity index (χ4v) is 3.69.